The van der Waals surface area contributed by atoms with Crippen molar-refractivity contribution >= 4 is 0 Å². The first kappa shape index (κ1) is 15.8. The van der Waals surface area contributed by atoms with E-state index in [1.807, 2.05) is 4.98 Å². The second-order valence-corrected chi connectivity index (χ2v) is 4.99. The zero-order valence-corrected chi connectivity index (χ0v) is 11.4. The first-order valence-corrected chi connectivity index (χ1v) is 6.43. The number of hydrogen-bond acceptors (Lipinski definition) is 5. The summed E-state index contributed by atoms with van der Waals surface area (Å²) >= 11 is 0. The Hall–Kier alpha value is -1.58. The minimum Gasteiger partial charge on any atom is -0.391 e. The Labute approximate surface area is 117 Å². The standard InChI is InChI=1S/C12H16F2N2O5/c1-3-6-4-16(11(20)15-9(6)19)10-12(13,14)8(18)7(21-10)5(2)17/h4-5,7-8,10,17-18H,3H2,1-2H3,(H,15,19,20)/t5-,7+,8+,10+/m0/s1. The minimum atomic E-state index is -3.78. The third-order valence-corrected chi connectivity index (χ3v) is 3.47. The van der Waals surface area contributed by atoms with Crippen molar-refractivity contribution in [1.29, 1.82) is 0 Å². The van der Waals surface area contributed by atoms with Crippen molar-refractivity contribution in [1.82, 2.24) is 9.55 Å². The van der Waals surface area contributed by atoms with Gasteiger partial charge in [0.2, 0.25) is 6.23 Å². The average molecular weight is 306 g/mol. The molecular formula is C12H16F2N2O5. The number of rotatable bonds is 3. The van der Waals surface area contributed by atoms with Crippen LogP contribution in [-0.2, 0) is 11.2 Å². The quantitative estimate of drug-likeness (QED) is 0.690. The monoisotopic (exact) mass is 306 g/mol. The second-order valence-electron chi connectivity index (χ2n) is 4.99. The lowest BCUT2D eigenvalue weighted by atomic mass is 10.1. The molecule has 118 valence electrons. The number of halogens is 2. The number of aryl methyl sites for hydroxylation is 1. The average Bonchev–Trinajstić information content (AvgIpc) is 2.62. The van der Waals surface area contributed by atoms with Crippen LogP contribution in [0.4, 0.5) is 8.78 Å². The Morgan fingerprint density at radius 1 is 1.52 bits per heavy atom. The zero-order chi connectivity index (χ0) is 15.9. The Bertz CT molecular complexity index is 639. The number of alkyl halides is 2. The molecule has 0 unspecified atom stereocenters. The van der Waals surface area contributed by atoms with Crippen molar-refractivity contribution in [3.63, 3.8) is 0 Å². The molecule has 1 fully saturated rings. The van der Waals surface area contributed by atoms with E-state index in [1.165, 1.54) is 6.92 Å². The van der Waals surface area contributed by atoms with Crippen LogP contribution < -0.4 is 11.2 Å². The van der Waals surface area contributed by atoms with Crippen molar-refractivity contribution in [2.45, 2.75) is 50.7 Å². The first-order valence-electron chi connectivity index (χ1n) is 6.43. The third-order valence-electron chi connectivity index (χ3n) is 3.47. The van der Waals surface area contributed by atoms with Gasteiger partial charge in [-0.25, -0.2) is 4.79 Å². The van der Waals surface area contributed by atoms with E-state index < -0.39 is 41.7 Å². The molecule has 0 aromatic carbocycles. The molecule has 7 nitrogen and oxygen atoms in total. The SMILES string of the molecule is CCc1cn([C@@H]2O[C@H]([C@H](C)O)[C@@H](O)C2(F)F)c(=O)[nH]c1=O. The van der Waals surface area contributed by atoms with E-state index in [4.69, 9.17) is 4.74 Å². The third kappa shape index (κ3) is 2.52. The summed E-state index contributed by atoms with van der Waals surface area (Å²) in [6.07, 6.45) is -6.02. The number of aromatic nitrogens is 2. The topological polar surface area (TPSA) is 105 Å². The summed E-state index contributed by atoms with van der Waals surface area (Å²) < 4.78 is 33.6. The molecule has 2 rings (SSSR count). The molecule has 0 radical (unpaired) electrons. The fourth-order valence-electron chi connectivity index (χ4n) is 2.26. The van der Waals surface area contributed by atoms with Gasteiger partial charge >= 0.3 is 11.6 Å². The van der Waals surface area contributed by atoms with Gasteiger partial charge in [0.05, 0.1) is 6.10 Å². The van der Waals surface area contributed by atoms with Gasteiger partial charge in [-0.05, 0) is 13.3 Å². The molecule has 1 saturated heterocycles. The van der Waals surface area contributed by atoms with Crippen molar-refractivity contribution in [3.8, 4) is 0 Å². The smallest absolute Gasteiger partial charge is 0.330 e. The predicted molar refractivity (Wildman–Crippen MR) is 67.2 cm³/mol. The Morgan fingerprint density at radius 2 is 2.14 bits per heavy atom. The molecular weight excluding hydrogens is 290 g/mol. The molecule has 0 saturated carbocycles. The molecule has 0 spiro atoms. The van der Waals surface area contributed by atoms with E-state index in [0.29, 0.717) is 4.57 Å². The fourth-order valence-corrected chi connectivity index (χ4v) is 2.26. The van der Waals surface area contributed by atoms with Crippen LogP contribution in [0, 0.1) is 0 Å². The Balaban J connectivity index is 2.52. The van der Waals surface area contributed by atoms with E-state index in [9.17, 15) is 28.6 Å². The zero-order valence-electron chi connectivity index (χ0n) is 11.4. The van der Waals surface area contributed by atoms with Crippen LogP contribution in [0.15, 0.2) is 15.8 Å². The summed E-state index contributed by atoms with van der Waals surface area (Å²) in [4.78, 5) is 25.1. The van der Waals surface area contributed by atoms with Crippen molar-refractivity contribution in [2.24, 2.45) is 0 Å². The number of nitrogens with zero attached hydrogens (tertiary/aromatic N) is 1. The molecule has 1 aromatic rings. The first-order chi connectivity index (χ1) is 9.70. The lowest BCUT2D eigenvalue weighted by Gasteiger charge is -2.21. The number of ether oxygens (including phenoxy) is 1. The molecule has 1 aliphatic rings. The highest BCUT2D eigenvalue weighted by Crippen LogP contribution is 2.43. The van der Waals surface area contributed by atoms with Gasteiger partial charge in [-0.15, -0.1) is 0 Å². The van der Waals surface area contributed by atoms with E-state index in [0.717, 1.165) is 6.20 Å². The maximum atomic E-state index is 14.1. The molecule has 1 aliphatic heterocycles. The lowest BCUT2D eigenvalue weighted by Crippen LogP contribution is -2.44. The molecule has 9 heteroatoms. The van der Waals surface area contributed by atoms with Crippen molar-refractivity contribution in [2.75, 3.05) is 0 Å². The second kappa shape index (κ2) is 5.32. The van der Waals surface area contributed by atoms with Crippen LogP contribution in [0.3, 0.4) is 0 Å². The number of aliphatic hydroxyl groups is 2. The van der Waals surface area contributed by atoms with Crippen LogP contribution in [0.2, 0.25) is 0 Å². The summed E-state index contributed by atoms with van der Waals surface area (Å²) in [6.45, 7) is 2.82. The van der Waals surface area contributed by atoms with Gasteiger partial charge in [0.25, 0.3) is 5.56 Å². The maximum absolute atomic E-state index is 14.1. The van der Waals surface area contributed by atoms with Gasteiger partial charge in [0, 0.05) is 11.8 Å². The molecule has 4 atom stereocenters. The highest BCUT2D eigenvalue weighted by atomic mass is 19.3. The van der Waals surface area contributed by atoms with Crippen LogP contribution in [0.25, 0.3) is 0 Å². The largest absolute Gasteiger partial charge is 0.391 e. The van der Waals surface area contributed by atoms with Crippen LogP contribution in [-0.4, -0.2) is 44.0 Å². The van der Waals surface area contributed by atoms with Crippen LogP contribution in [0.1, 0.15) is 25.6 Å². The highest BCUT2D eigenvalue weighted by Gasteiger charge is 2.60. The molecule has 0 amide bonds. The van der Waals surface area contributed by atoms with Gasteiger partial charge in [-0.2, -0.15) is 8.78 Å². The Morgan fingerprint density at radius 3 is 2.62 bits per heavy atom. The van der Waals surface area contributed by atoms with Gasteiger partial charge in [0.1, 0.15) is 6.10 Å². The van der Waals surface area contributed by atoms with E-state index in [1.54, 1.807) is 6.92 Å². The Kier molecular flexibility index (Phi) is 4.00. The number of nitrogens with one attached hydrogen (secondary N) is 1. The number of aromatic amines is 1. The van der Waals surface area contributed by atoms with Crippen molar-refractivity contribution < 1.29 is 23.7 Å². The predicted octanol–water partition coefficient (Wildman–Crippen LogP) is -0.627. The summed E-state index contributed by atoms with van der Waals surface area (Å²) in [6, 6.07) is 0. The molecule has 0 bridgehead atoms. The summed E-state index contributed by atoms with van der Waals surface area (Å²) in [5.41, 5.74) is -1.60. The van der Waals surface area contributed by atoms with E-state index in [-0.39, 0.29) is 12.0 Å². The number of H-pyrrole nitrogens is 1. The molecule has 1 aromatic heterocycles. The minimum absolute atomic E-state index is 0.129. The van der Waals surface area contributed by atoms with Crippen LogP contribution >= 0.6 is 0 Å². The molecule has 2 heterocycles. The van der Waals surface area contributed by atoms with Gasteiger partial charge in [-0.3, -0.25) is 14.3 Å². The summed E-state index contributed by atoms with van der Waals surface area (Å²) in [7, 11) is 0. The normalized spacial score (nSPS) is 29.5. The lowest BCUT2D eigenvalue weighted by molar-refractivity contribution is -0.141. The number of hydrogen-bond donors (Lipinski definition) is 3. The summed E-state index contributed by atoms with van der Waals surface area (Å²) in [5, 5.41) is 18.9. The maximum Gasteiger partial charge on any atom is 0.330 e. The van der Waals surface area contributed by atoms with Crippen LogP contribution in [0.5, 0.6) is 0 Å². The van der Waals surface area contributed by atoms with E-state index >= 15 is 0 Å². The molecule has 21 heavy (non-hydrogen) atoms. The van der Waals surface area contributed by atoms with Gasteiger partial charge in [0.15, 0.2) is 6.10 Å². The van der Waals surface area contributed by atoms with Gasteiger partial charge in [-0.1, -0.05) is 6.92 Å². The van der Waals surface area contributed by atoms with E-state index in [2.05, 4.69) is 0 Å². The number of aliphatic hydroxyl groups excluding tert-OH is 2. The van der Waals surface area contributed by atoms with Crippen molar-refractivity contribution in [3.05, 3.63) is 32.6 Å². The molecule has 3 N–H and O–H groups in total. The molecule has 0 aliphatic carbocycles. The fraction of sp³-hybridized carbons (Fsp3) is 0.667. The van der Waals surface area contributed by atoms with Gasteiger partial charge < -0.3 is 14.9 Å². The summed E-state index contributed by atoms with van der Waals surface area (Å²) in [5.74, 6) is -3.78. The highest BCUT2D eigenvalue weighted by molar-refractivity contribution is 5.07.